The highest BCUT2D eigenvalue weighted by molar-refractivity contribution is 14.1. The van der Waals surface area contributed by atoms with E-state index in [2.05, 4.69) is 36.4 Å². The average Bonchev–Trinajstić information content (AvgIpc) is 2.02. The minimum absolute atomic E-state index is 0.0737. The maximum Gasteiger partial charge on any atom is 0.305 e. The minimum Gasteiger partial charge on any atom is -0.466 e. The lowest BCUT2D eigenvalue weighted by molar-refractivity contribution is -0.143. The van der Waals surface area contributed by atoms with Crippen molar-refractivity contribution in [1.29, 1.82) is 0 Å². The first-order chi connectivity index (χ1) is 5.52. The van der Waals surface area contributed by atoms with Crippen molar-refractivity contribution in [2.45, 2.75) is 33.6 Å². The molecular formula is C9H17IO2. The third-order valence-electron chi connectivity index (χ3n) is 1.67. The molecule has 0 spiro atoms. The summed E-state index contributed by atoms with van der Waals surface area (Å²) in [7, 11) is 0. The number of carbonyl (C=O) groups is 1. The number of carbonyl (C=O) groups excluding carboxylic acids is 1. The molecule has 0 aromatic rings. The highest BCUT2D eigenvalue weighted by Gasteiger charge is 2.17. The molecule has 0 bridgehead atoms. The van der Waals surface area contributed by atoms with Crippen LogP contribution in [0.25, 0.3) is 0 Å². The molecule has 0 aliphatic heterocycles. The number of rotatable bonds is 5. The number of halogens is 1. The van der Waals surface area contributed by atoms with Gasteiger partial charge in [-0.1, -0.05) is 36.4 Å². The van der Waals surface area contributed by atoms with Gasteiger partial charge in [0.25, 0.3) is 0 Å². The average molecular weight is 284 g/mol. The van der Waals surface area contributed by atoms with Gasteiger partial charge in [0.2, 0.25) is 0 Å². The Morgan fingerprint density at radius 1 is 1.50 bits per heavy atom. The molecule has 0 heterocycles. The van der Waals surface area contributed by atoms with E-state index >= 15 is 0 Å². The van der Waals surface area contributed by atoms with E-state index in [0.717, 1.165) is 10.8 Å². The number of hydrogen-bond acceptors (Lipinski definition) is 2. The molecular weight excluding hydrogens is 267 g/mol. The number of esters is 1. The predicted octanol–water partition coefficient (Wildman–Crippen LogP) is 2.79. The van der Waals surface area contributed by atoms with Gasteiger partial charge in [0.1, 0.15) is 0 Å². The largest absolute Gasteiger partial charge is 0.466 e. The molecule has 0 unspecified atom stereocenters. The van der Waals surface area contributed by atoms with Crippen LogP contribution in [0.3, 0.4) is 0 Å². The van der Waals surface area contributed by atoms with Crippen molar-refractivity contribution in [3.63, 3.8) is 0 Å². The van der Waals surface area contributed by atoms with Crippen LogP contribution < -0.4 is 0 Å². The second-order valence-corrected chi connectivity index (χ2v) is 4.37. The quantitative estimate of drug-likeness (QED) is 0.441. The summed E-state index contributed by atoms with van der Waals surface area (Å²) in [6.45, 7) is 6.65. The van der Waals surface area contributed by atoms with Crippen LogP contribution >= 0.6 is 22.6 Å². The lowest BCUT2D eigenvalue weighted by Crippen LogP contribution is -2.16. The van der Waals surface area contributed by atoms with E-state index in [4.69, 9.17) is 4.74 Å². The first-order valence-corrected chi connectivity index (χ1v) is 5.76. The maximum absolute atomic E-state index is 11.0. The van der Waals surface area contributed by atoms with Crippen molar-refractivity contribution < 1.29 is 9.53 Å². The van der Waals surface area contributed by atoms with Gasteiger partial charge in [0.05, 0.1) is 6.61 Å². The predicted molar refractivity (Wildman–Crippen MR) is 58.5 cm³/mol. The van der Waals surface area contributed by atoms with Gasteiger partial charge in [-0.25, -0.2) is 0 Å². The normalized spacial score (nSPS) is 11.3. The topological polar surface area (TPSA) is 26.3 Å². The van der Waals surface area contributed by atoms with E-state index in [1.54, 1.807) is 0 Å². The summed E-state index contributed by atoms with van der Waals surface area (Å²) in [6, 6.07) is 0. The number of alkyl halides is 1. The van der Waals surface area contributed by atoms with E-state index in [1.807, 2.05) is 6.92 Å². The van der Waals surface area contributed by atoms with Gasteiger partial charge in [-0.3, -0.25) is 4.79 Å². The third kappa shape index (κ3) is 5.80. The van der Waals surface area contributed by atoms with Crippen LogP contribution in [0.5, 0.6) is 0 Å². The van der Waals surface area contributed by atoms with Crippen LogP contribution in [0.15, 0.2) is 0 Å². The monoisotopic (exact) mass is 284 g/mol. The summed E-state index contributed by atoms with van der Waals surface area (Å²) in [5, 5.41) is 0. The molecule has 0 aliphatic carbocycles. The lowest BCUT2D eigenvalue weighted by Gasteiger charge is -2.20. The molecule has 0 atom stereocenters. The van der Waals surface area contributed by atoms with E-state index in [1.165, 1.54) is 0 Å². The van der Waals surface area contributed by atoms with Gasteiger partial charge in [0.15, 0.2) is 0 Å². The molecule has 0 rings (SSSR count). The molecule has 12 heavy (non-hydrogen) atoms. The summed E-state index contributed by atoms with van der Waals surface area (Å²) in [5.74, 6) is -0.0737. The molecule has 0 saturated carbocycles. The van der Waals surface area contributed by atoms with Crippen molar-refractivity contribution in [3.05, 3.63) is 0 Å². The molecule has 3 heteroatoms. The van der Waals surface area contributed by atoms with Gasteiger partial charge in [0, 0.05) is 10.8 Å². The first kappa shape index (κ1) is 12.2. The Bertz CT molecular complexity index is 143. The smallest absolute Gasteiger partial charge is 0.305 e. The summed E-state index contributed by atoms with van der Waals surface area (Å²) < 4.78 is 5.91. The molecule has 2 nitrogen and oxygen atoms in total. The maximum atomic E-state index is 11.0. The Balaban J connectivity index is 3.60. The lowest BCUT2D eigenvalue weighted by atomic mass is 9.91. The molecule has 0 amide bonds. The van der Waals surface area contributed by atoms with Gasteiger partial charge in [-0.15, -0.1) is 0 Å². The highest BCUT2D eigenvalue weighted by Crippen LogP contribution is 2.24. The molecule has 0 aliphatic rings. The van der Waals surface area contributed by atoms with E-state index < -0.39 is 0 Å². The van der Waals surface area contributed by atoms with Crippen molar-refractivity contribution >= 4 is 28.6 Å². The van der Waals surface area contributed by atoms with E-state index in [0.29, 0.717) is 13.0 Å². The zero-order valence-electron chi connectivity index (χ0n) is 8.02. The van der Waals surface area contributed by atoms with E-state index in [9.17, 15) is 4.79 Å². The molecule has 0 aromatic carbocycles. The SMILES string of the molecule is CCOC(=O)CCC(C)(C)CI. The summed E-state index contributed by atoms with van der Waals surface area (Å²) in [6.07, 6.45) is 1.46. The van der Waals surface area contributed by atoms with Crippen LogP contribution in [-0.4, -0.2) is 17.0 Å². The van der Waals surface area contributed by atoms with Gasteiger partial charge in [-0.2, -0.15) is 0 Å². The summed E-state index contributed by atoms with van der Waals surface area (Å²) in [4.78, 5) is 11.0. The Morgan fingerprint density at radius 2 is 2.08 bits per heavy atom. The summed E-state index contributed by atoms with van der Waals surface area (Å²) >= 11 is 2.35. The van der Waals surface area contributed by atoms with Crippen LogP contribution in [0, 0.1) is 5.41 Å². The van der Waals surface area contributed by atoms with Crippen molar-refractivity contribution in [2.75, 3.05) is 11.0 Å². The molecule has 0 radical (unpaired) electrons. The zero-order chi connectivity index (χ0) is 9.61. The Labute approximate surface area is 88.2 Å². The van der Waals surface area contributed by atoms with Crippen LogP contribution in [0.4, 0.5) is 0 Å². The second kappa shape index (κ2) is 5.78. The minimum atomic E-state index is -0.0737. The fourth-order valence-corrected chi connectivity index (χ4v) is 1.12. The van der Waals surface area contributed by atoms with Crippen LogP contribution in [0.1, 0.15) is 33.6 Å². The Hall–Kier alpha value is 0.200. The fraction of sp³-hybridized carbons (Fsp3) is 0.889. The van der Waals surface area contributed by atoms with Crippen molar-refractivity contribution in [1.82, 2.24) is 0 Å². The number of ether oxygens (including phenoxy) is 1. The first-order valence-electron chi connectivity index (χ1n) is 4.23. The van der Waals surface area contributed by atoms with Gasteiger partial charge >= 0.3 is 5.97 Å². The van der Waals surface area contributed by atoms with Crippen LogP contribution in [0.2, 0.25) is 0 Å². The molecule has 0 fully saturated rings. The molecule has 0 N–H and O–H groups in total. The second-order valence-electron chi connectivity index (χ2n) is 3.60. The van der Waals surface area contributed by atoms with Gasteiger partial charge < -0.3 is 4.74 Å². The van der Waals surface area contributed by atoms with Crippen molar-refractivity contribution in [2.24, 2.45) is 5.41 Å². The van der Waals surface area contributed by atoms with E-state index in [-0.39, 0.29) is 11.4 Å². The third-order valence-corrected chi connectivity index (χ3v) is 3.74. The van der Waals surface area contributed by atoms with Gasteiger partial charge in [-0.05, 0) is 18.8 Å². The fourth-order valence-electron chi connectivity index (χ4n) is 0.740. The molecule has 72 valence electrons. The standard InChI is InChI=1S/C9H17IO2/c1-4-12-8(11)5-6-9(2,3)7-10/h4-7H2,1-3H3. The van der Waals surface area contributed by atoms with Crippen LogP contribution in [-0.2, 0) is 9.53 Å². The molecule has 0 saturated heterocycles. The Morgan fingerprint density at radius 3 is 2.50 bits per heavy atom. The highest BCUT2D eigenvalue weighted by atomic mass is 127. The zero-order valence-corrected chi connectivity index (χ0v) is 10.2. The Kier molecular flexibility index (Phi) is 5.88. The summed E-state index contributed by atoms with van der Waals surface area (Å²) in [5.41, 5.74) is 0.257. The number of hydrogen-bond donors (Lipinski definition) is 0. The molecule has 0 aromatic heterocycles. The van der Waals surface area contributed by atoms with Crippen molar-refractivity contribution in [3.8, 4) is 0 Å².